The summed E-state index contributed by atoms with van der Waals surface area (Å²) in [6, 6.07) is -0.837. The van der Waals surface area contributed by atoms with E-state index in [0.717, 1.165) is 25.7 Å². The van der Waals surface area contributed by atoms with Gasteiger partial charge in [-0.2, -0.15) is 0 Å². The second-order valence-electron chi connectivity index (χ2n) is 8.77. The third-order valence-corrected chi connectivity index (χ3v) is 5.76. The van der Waals surface area contributed by atoms with E-state index < -0.39 is 18.0 Å². The van der Waals surface area contributed by atoms with Crippen LogP contribution < -0.4 is 5.73 Å². The van der Waals surface area contributed by atoms with Crippen molar-refractivity contribution in [3.05, 3.63) is 0 Å². The van der Waals surface area contributed by atoms with Gasteiger partial charge < -0.3 is 15.6 Å². The van der Waals surface area contributed by atoms with Crippen LogP contribution in [-0.2, 0) is 14.3 Å². The number of carboxylic acid groups (broad SMARTS) is 1. The molecule has 5 heteroatoms. The molecule has 0 aliphatic carbocycles. The lowest BCUT2D eigenvalue weighted by Crippen LogP contribution is -2.35. The monoisotopic (exact) mass is 427 g/mol. The molecule has 0 rings (SSSR count). The van der Waals surface area contributed by atoms with Gasteiger partial charge in [0.25, 0.3) is 0 Å². The van der Waals surface area contributed by atoms with Crippen LogP contribution in [0.4, 0.5) is 0 Å². The van der Waals surface area contributed by atoms with Crippen LogP contribution in [0.3, 0.4) is 0 Å². The second-order valence-corrected chi connectivity index (χ2v) is 8.77. The first kappa shape index (κ1) is 28.9. The summed E-state index contributed by atoms with van der Waals surface area (Å²) in [6.07, 6.45) is 20.5. The minimum Gasteiger partial charge on any atom is -0.481 e. The highest BCUT2D eigenvalue weighted by Crippen LogP contribution is 2.18. The Morgan fingerprint density at radius 2 is 1.10 bits per heavy atom. The lowest BCUT2D eigenvalue weighted by atomic mass is 10.0. The topological polar surface area (TPSA) is 89.6 Å². The fourth-order valence-electron chi connectivity index (χ4n) is 3.75. The number of hydrogen-bond donors (Lipinski definition) is 2. The molecule has 0 bridgehead atoms. The van der Waals surface area contributed by atoms with Crippen LogP contribution >= 0.6 is 0 Å². The zero-order valence-corrected chi connectivity index (χ0v) is 19.8. The molecule has 0 aromatic heterocycles. The maximum atomic E-state index is 12.3. The summed E-state index contributed by atoms with van der Waals surface area (Å²) in [5.41, 5.74) is 5.83. The zero-order valence-electron chi connectivity index (χ0n) is 19.8. The van der Waals surface area contributed by atoms with Crippen molar-refractivity contribution in [1.29, 1.82) is 0 Å². The summed E-state index contributed by atoms with van der Waals surface area (Å²) in [4.78, 5) is 23.0. The Bertz CT molecular complexity index is 414. The van der Waals surface area contributed by atoms with E-state index in [0.29, 0.717) is 0 Å². The summed E-state index contributed by atoms with van der Waals surface area (Å²) in [5.74, 6) is -1.38. The van der Waals surface area contributed by atoms with E-state index in [9.17, 15) is 9.59 Å². The molecule has 0 aliphatic heterocycles. The van der Waals surface area contributed by atoms with Crippen LogP contribution in [0.25, 0.3) is 0 Å². The number of carbonyl (C=O) groups is 2. The van der Waals surface area contributed by atoms with Crippen molar-refractivity contribution in [3.8, 4) is 0 Å². The predicted molar refractivity (Wildman–Crippen MR) is 125 cm³/mol. The normalized spacial score (nSPS) is 13.2. The average Bonchev–Trinajstić information content (AvgIpc) is 2.72. The molecule has 178 valence electrons. The lowest BCUT2D eigenvalue weighted by Gasteiger charge is -2.20. The number of carboxylic acids is 1. The van der Waals surface area contributed by atoms with Crippen LogP contribution in [-0.4, -0.2) is 29.2 Å². The van der Waals surface area contributed by atoms with E-state index in [1.165, 1.54) is 83.5 Å². The molecule has 0 fully saturated rings. The Hall–Kier alpha value is -1.10. The summed E-state index contributed by atoms with van der Waals surface area (Å²) in [6.45, 7) is 4.46. The minimum atomic E-state index is -0.934. The molecule has 0 heterocycles. The van der Waals surface area contributed by atoms with Crippen molar-refractivity contribution in [2.45, 2.75) is 148 Å². The van der Waals surface area contributed by atoms with Crippen LogP contribution in [0, 0.1) is 0 Å². The van der Waals surface area contributed by atoms with Gasteiger partial charge in [-0.25, -0.2) is 0 Å². The molecule has 1 unspecified atom stereocenters. The molecule has 0 radical (unpaired) electrons. The molecule has 0 saturated heterocycles. The Morgan fingerprint density at radius 3 is 1.50 bits per heavy atom. The van der Waals surface area contributed by atoms with Gasteiger partial charge in [0.1, 0.15) is 12.1 Å². The molecule has 0 aromatic carbocycles. The molecule has 0 saturated carbocycles. The zero-order chi connectivity index (χ0) is 22.5. The molecule has 0 amide bonds. The number of rotatable bonds is 22. The quantitative estimate of drug-likeness (QED) is 0.147. The Morgan fingerprint density at radius 1 is 0.700 bits per heavy atom. The van der Waals surface area contributed by atoms with Gasteiger partial charge in [-0.15, -0.1) is 0 Å². The Labute approximate surface area is 185 Å². The van der Waals surface area contributed by atoms with Crippen molar-refractivity contribution in [1.82, 2.24) is 0 Å². The van der Waals surface area contributed by atoms with Crippen LogP contribution in [0.2, 0.25) is 0 Å². The van der Waals surface area contributed by atoms with E-state index >= 15 is 0 Å². The van der Waals surface area contributed by atoms with E-state index in [4.69, 9.17) is 15.6 Å². The molecule has 30 heavy (non-hydrogen) atoms. The first-order chi connectivity index (χ1) is 14.5. The molecule has 0 aromatic rings. The number of esters is 1. The van der Waals surface area contributed by atoms with Crippen molar-refractivity contribution in [3.63, 3.8) is 0 Å². The smallest absolute Gasteiger partial charge is 0.323 e. The summed E-state index contributed by atoms with van der Waals surface area (Å²) < 4.78 is 5.69. The molecular weight excluding hydrogens is 378 g/mol. The molecule has 0 spiro atoms. The summed E-state index contributed by atoms with van der Waals surface area (Å²) in [7, 11) is 0. The van der Waals surface area contributed by atoms with Crippen molar-refractivity contribution in [2.75, 3.05) is 0 Å². The molecule has 2 atom stereocenters. The Balaban J connectivity index is 4.17. The van der Waals surface area contributed by atoms with E-state index in [1.807, 2.05) is 0 Å². The van der Waals surface area contributed by atoms with Gasteiger partial charge in [-0.1, -0.05) is 97.3 Å². The van der Waals surface area contributed by atoms with Crippen molar-refractivity contribution >= 4 is 11.9 Å². The van der Waals surface area contributed by atoms with Crippen LogP contribution in [0.5, 0.6) is 0 Å². The van der Waals surface area contributed by atoms with Crippen molar-refractivity contribution in [2.24, 2.45) is 5.73 Å². The summed E-state index contributed by atoms with van der Waals surface area (Å²) in [5, 5.41) is 8.77. The van der Waals surface area contributed by atoms with E-state index in [1.54, 1.807) is 0 Å². The van der Waals surface area contributed by atoms with Crippen molar-refractivity contribution < 1.29 is 19.4 Å². The second kappa shape index (κ2) is 21.1. The van der Waals surface area contributed by atoms with Crippen LogP contribution in [0.15, 0.2) is 0 Å². The first-order valence-corrected chi connectivity index (χ1v) is 12.7. The highest BCUT2D eigenvalue weighted by atomic mass is 16.5. The SMILES string of the molecule is CCCCCCCCCCCC(CCCCCCCC)OC(=O)[C@@H](N)CCC(=O)O. The van der Waals surface area contributed by atoms with Gasteiger partial charge in [-0.05, 0) is 32.1 Å². The molecule has 5 nitrogen and oxygen atoms in total. The highest BCUT2D eigenvalue weighted by molar-refractivity contribution is 5.76. The average molecular weight is 428 g/mol. The number of aliphatic carboxylic acids is 1. The molecule has 3 N–H and O–H groups in total. The first-order valence-electron chi connectivity index (χ1n) is 12.7. The lowest BCUT2D eigenvalue weighted by molar-refractivity contribution is -0.151. The van der Waals surface area contributed by atoms with E-state index in [2.05, 4.69) is 13.8 Å². The maximum absolute atomic E-state index is 12.3. The number of hydrogen-bond acceptors (Lipinski definition) is 4. The van der Waals surface area contributed by atoms with Gasteiger partial charge in [0.05, 0.1) is 0 Å². The molecular formula is C25H49NO4. The fourth-order valence-corrected chi connectivity index (χ4v) is 3.75. The number of nitrogens with two attached hydrogens (primary N) is 1. The number of ether oxygens (including phenoxy) is 1. The maximum Gasteiger partial charge on any atom is 0.323 e. The predicted octanol–water partition coefficient (Wildman–Crippen LogP) is 6.76. The summed E-state index contributed by atoms with van der Waals surface area (Å²) >= 11 is 0. The minimum absolute atomic E-state index is 0.0795. The number of carbonyl (C=O) groups excluding carboxylic acids is 1. The van der Waals surface area contributed by atoms with Gasteiger partial charge in [0.2, 0.25) is 0 Å². The van der Waals surface area contributed by atoms with Gasteiger partial charge >= 0.3 is 11.9 Å². The van der Waals surface area contributed by atoms with Gasteiger partial charge in [-0.3, -0.25) is 9.59 Å². The third-order valence-electron chi connectivity index (χ3n) is 5.76. The largest absolute Gasteiger partial charge is 0.481 e. The fraction of sp³-hybridized carbons (Fsp3) is 0.920. The number of unbranched alkanes of at least 4 members (excludes halogenated alkanes) is 13. The standard InChI is InChI=1S/C25H49NO4/c1-3-5-7-9-11-12-13-15-17-19-22(18-16-14-10-8-6-4-2)30-25(29)23(26)20-21-24(27)28/h22-23H,3-21,26H2,1-2H3,(H,27,28)/t22?,23-/m0/s1. The van der Waals surface area contributed by atoms with Gasteiger partial charge in [0.15, 0.2) is 0 Å². The van der Waals surface area contributed by atoms with Crippen LogP contribution in [0.1, 0.15) is 136 Å². The third kappa shape index (κ3) is 18.9. The van der Waals surface area contributed by atoms with Gasteiger partial charge in [0, 0.05) is 6.42 Å². The van der Waals surface area contributed by atoms with E-state index in [-0.39, 0.29) is 18.9 Å². The Kier molecular flexibility index (Phi) is 20.4. The molecule has 0 aliphatic rings. The highest BCUT2D eigenvalue weighted by Gasteiger charge is 2.20.